The predicted molar refractivity (Wildman–Crippen MR) is 162 cm³/mol. The first-order valence-electron chi connectivity index (χ1n) is 14.1. The molecule has 1 fully saturated rings. The second-order valence-corrected chi connectivity index (χ2v) is 11.6. The first-order chi connectivity index (χ1) is 21.8. The Balaban J connectivity index is 0.985. The summed E-state index contributed by atoms with van der Waals surface area (Å²) in [5, 5.41) is 30.3. The third-order valence-corrected chi connectivity index (χ3v) is 7.98. The number of cyclic esters (lactones) is 1. The molecule has 3 N–H and O–H groups in total. The van der Waals surface area contributed by atoms with Gasteiger partial charge in [-0.3, -0.25) is 19.7 Å². The summed E-state index contributed by atoms with van der Waals surface area (Å²) >= 11 is 3.32. The highest BCUT2D eigenvalue weighted by atomic mass is 79.9. The zero-order valence-corrected chi connectivity index (χ0v) is 25.3. The summed E-state index contributed by atoms with van der Waals surface area (Å²) in [5.74, 6) is -1.01. The van der Waals surface area contributed by atoms with Crippen molar-refractivity contribution in [2.45, 2.75) is 43.7 Å². The molecule has 2 amide bonds. The van der Waals surface area contributed by atoms with Crippen LogP contribution in [0.25, 0.3) is 11.1 Å². The Labute approximate surface area is 264 Å². The molecular formula is C30H28BrFN6O7. The third kappa shape index (κ3) is 6.95. The number of ether oxygens (including phenoxy) is 1. The first kappa shape index (κ1) is 30.6. The largest absolute Gasteiger partial charge is 0.442 e. The standard InChI is InChI=1S/C30H28BrFN6O7/c31-17-2-6-24(34-12-17)26-9-28(45-37-26)27(40)10-29(41)35-13-20-14-38(30(42)43-20)18-3-4-21(22(32)7-18)16-1-5-23(33-11-16)25-8-19(15-39)44-36-25/h1-7,11-12,19-20,27-28,39-40H,8-10,13-15H2,(H,35,41)/t19-,20+,27?,28-/m1/s1. The lowest BCUT2D eigenvalue weighted by Crippen LogP contribution is -2.38. The SMILES string of the molecule is O=C(CC(O)[C@H]1CC(c2ccc(Br)cn2)=NO1)NC[C@H]1CN(c2ccc(-c3ccc(C4=NO[C@@H](CO)C4)nc3)c(F)c2)C(=O)O1. The number of rotatable bonds is 10. The molecule has 1 aromatic carbocycles. The number of benzene rings is 1. The normalized spacial score (nSPS) is 21.5. The van der Waals surface area contributed by atoms with Gasteiger partial charge in [0.05, 0.1) is 43.2 Å². The molecule has 3 aliphatic rings. The molecule has 3 aliphatic heterocycles. The number of aliphatic hydroxyl groups excluding tert-OH is 2. The molecule has 5 heterocycles. The van der Waals surface area contributed by atoms with E-state index in [1.165, 1.54) is 17.2 Å². The van der Waals surface area contributed by atoms with Crippen LogP contribution in [-0.2, 0) is 19.2 Å². The van der Waals surface area contributed by atoms with Gasteiger partial charge in [0.25, 0.3) is 0 Å². The summed E-state index contributed by atoms with van der Waals surface area (Å²) in [6.07, 6.45) is 0.107. The average Bonchev–Trinajstić information content (AvgIpc) is 3.81. The van der Waals surface area contributed by atoms with Crippen LogP contribution in [0.2, 0.25) is 0 Å². The second-order valence-electron chi connectivity index (χ2n) is 10.7. The van der Waals surface area contributed by atoms with Crippen LogP contribution < -0.4 is 10.2 Å². The average molecular weight is 683 g/mol. The lowest BCUT2D eigenvalue weighted by Gasteiger charge is -2.17. The van der Waals surface area contributed by atoms with Crippen molar-refractivity contribution in [1.29, 1.82) is 0 Å². The highest BCUT2D eigenvalue weighted by Crippen LogP contribution is 2.29. The Hall–Kier alpha value is -4.47. The fourth-order valence-corrected chi connectivity index (χ4v) is 5.30. The van der Waals surface area contributed by atoms with Crippen LogP contribution in [0.3, 0.4) is 0 Å². The maximum absolute atomic E-state index is 15.2. The number of aliphatic hydroxyl groups is 2. The van der Waals surface area contributed by atoms with Gasteiger partial charge in [-0.25, -0.2) is 9.18 Å². The van der Waals surface area contributed by atoms with Gasteiger partial charge in [0.2, 0.25) is 5.91 Å². The molecular weight excluding hydrogens is 655 g/mol. The van der Waals surface area contributed by atoms with Crippen LogP contribution in [0.5, 0.6) is 0 Å². The van der Waals surface area contributed by atoms with E-state index < -0.39 is 42.2 Å². The number of amides is 2. The number of pyridine rings is 2. The van der Waals surface area contributed by atoms with Gasteiger partial charge in [-0.2, -0.15) is 0 Å². The van der Waals surface area contributed by atoms with E-state index >= 15 is 4.39 Å². The van der Waals surface area contributed by atoms with Crippen molar-refractivity contribution in [1.82, 2.24) is 15.3 Å². The minimum atomic E-state index is -1.11. The van der Waals surface area contributed by atoms with Crippen molar-refractivity contribution in [3.63, 3.8) is 0 Å². The minimum absolute atomic E-state index is 0.0118. The van der Waals surface area contributed by atoms with E-state index in [4.69, 9.17) is 14.4 Å². The molecule has 0 bridgehead atoms. The number of nitrogens with one attached hydrogen (secondary N) is 1. The summed E-state index contributed by atoms with van der Waals surface area (Å²) in [6, 6.07) is 11.4. The van der Waals surface area contributed by atoms with Gasteiger partial charge >= 0.3 is 6.09 Å². The molecule has 6 rings (SSSR count). The summed E-state index contributed by atoms with van der Waals surface area (Å²) in [4.78, 5) is 45.4. The maximum Gasteiger partial charge on any atom is 0.414 e. The van der Waals surface area contributed by atoms with Gasteiger partial charge in [0.1, 0.15) is 29.4 Å². The third-order valence-electron chi connectivity index (χ3n) is 7.51. The smallest absolute Gasteiger partial charge is 0.414 e. The Morgan fingerprint density at radius 1 is 1.04 bits per heavy atom. The highest BCUT2D eigenvalue weighted by Gasteiger charge is 2.34. The van der Waals surface area contributed by atoms with Gasteiger partial charge in [-0.05, 0) is 52.3 Å². The maximum atomic E-state index is 15.2. The predicted octanol–water partition coefficient (Wildman–Crippen LogP) is 2.92. The van der Waals surface area contributed by atoms with E-state index in [0.29, 0.717) is 52.5 Å². The van der Waals surface area contributed by atoms with Gasteiger partial charge in [0.15, 0.2) is 12.2 Å². The highest BCUT2D eigenvalue weighted by molar-refractivity contribution is 9.10. The van der Waals surface area contributed by atoms with Crippen molar-refractivity contribution in [2.75, 3.05) is 24.6 Å². The Morgan fingerprint density at radius 3 is 2.49 bits per heavy atom. The van der Waals surface area contributed by atoms with Crippen LogP contribution >= 0.6 is 15.9 Å². The van der Waals surface area contributed by atoms with Gasteiger partial charge in [-0.1, -0.05) is 16.4 Å². The quantitative estimate of drug-likeness (QED) is 0.291. The van der Waals surface area contributed by atoms with Gasteiger partial charge in [0, 0.05) is 40.8 Å². The summed E-state index contributed by atoms with van der Waals surface area (Å²) in [7, 11) is 0. The van der Waals surface area contributed by atoms with E-state index in [0.717, 1.165) is 4.47 Å². The molecule has 0 spiro atoms. The number of carbonyl (C=O) groups excluding carboxylic acids is 2. The van der Waals surface area contributed by atoms with Crippen molar-refractivity contribution in [3.05, 3.63) is 76.5 Å². The van der Waals surface area contributed by atoms with Crippen molar-refractivity contribution in [2.24, 2.45) is 10.3 Å². The zero-order valence-electron chi connectivity index (χ0n) is 23.7. The number of hydrogen-bond acceptors (Lipinski definition) is 11. The first-order valence-corrected chi connectivity index (χ1v) is 14.9. The molecule has 45 heavy (non-hydrogen) atoms. The van der Waals surface area contributed by atoms with E-state index in [1.54, 1.807) is 36.5 Å². The monoisotopic (exact) mass is 682 g/mol. The topological polar surface area (TPSA) is 168 Å². The molecule has 1 saturated heterocycles. The molecule has 4 atom stereocenters. The van der Waals surface area contributed by atoms with E-state index in [1.807, 2.05) is 6.07 Å². The summed E-state index contributed by atoms with van der Waals surface area (Å²) < 4.78 is 21.4. The van der Waals surface area contributed by atoms with Crippen molar-refractivity contribution >= 4 is 45.0 Å². The lowest BCUT2D eigenvalue weighted by atomic mass is 10.0. The fourth-order valence-electron chi connectivity index (χ4n) is 5.07. The number of aromatic nitrogens is 2. The van der Waals surface area contributed by atoms with E-state index in [9.17, 15) is 19.8 Å². The van der Waals surface area contributed by atoms with Crippen LogP contribution in [0, 0.1) is 5.82 Å². The molecule has 1 unspecified atom stereocenters. The number of anilines is 1. The van der Waals surface area contributed by atoms with Crippen LogP contribution in [0.4, 0.5) is 14.9 Å². The Morgan fingerprint density at radius 2 is 1.80 bits per heavy atom. The molecule has 0 aliphatic carbocycles. The van der Waals surface area contributed by atoms with Crippen LogP contribution in [0.1, 0.15) is 30.7 Å². The number of hydrogen-bond donors (Lipinski definition) is 3. The molecule has 13 nitrogen and oxygen atoms in total. The second kappa shape index (κ2) is 13.3. The Bertz CT molecular complexity index is 1640. The zero-order chi connectivity index (χ0) is 31.5. The minimum Gasteiger partial charge on any atom is -0.442 e. The number of oxime groups is 2. The number of nitrogens with zero attached hydrogens (tertiary/aromatic N) is 5. The van der Waals surface area contributed by atoms with Crippen LogP contribution in [-0.4, -0.2) is 87.7 Å². The number of carbonyl (C=O) groups is 2. The Kier molecular flexibility index (Phi) is 9.00. The fraction of sp³-hybridized carbons (Fsp3) is 0.333. The lowest BCUT2D eigenvalue weighted by molar-refractivity contribution is -0.125. The van der Waals surface area contributed by atoms with Gasteiger partial charge in [-0.15, -0.1) is 0 Å². The molecule has 3 aromatic rings. The molecule has 15 heteroatoms. The van der Waals surface area contributed by atoms with Crippen molar-refractivity contribution in [3.8, 4) is 11.1 Å². The van der Waals surface area contributed by atoms with E-state index in [2.05, 4.69) is 41.5 Å². The summed E-state index contributed by atoms with van der Waals surface area (Å²) in [6.45, 7) is -0.0381. The van der Waals surface area contributed by atoms with Gasteiger partial charge < -0.3 is 29.9 Å². The molecule has 234 valence electrons. The molecule has 0 saturated carbocycles. The van der Waals surface area contributed by atoms with Crippen LogP contribution in [0.15, 0.2) is 69.6 Å². The summed E-state index contributed by atoms with van der Waals surface area (Å²) in [5.41, 5.74) is 3.50. The molecule has 0 radical (unpaired) electrons. The number of halogens is 2. The van der Waals surface area contributed by atoms with Crippen molar-refractivity contribution < 1.29 is 38.6 Å². The van der Waals surface area contributed by atoms with E-state index in [-0.39, 0.29) is 26.1 Å². The molecule has 2 aromatic heterocycles.